The van der Waals surface area contributed by atoms with Crippen molar-refractivity contribution in [3.8, 4) is 0 Å². The first kappa shape index (κ1) is 15.9. The van der Waals surface area contributed by atoms with E-state index in [1.165, 1.54) is 12.1 Å². The molecule has 0 aromatic heterocycles. The molecule has 1 saturated carbocycles. The molecular weight excluding hydrogens is 271 g/mol. The van der Waals surface area contributed by atoms with E-state index in [4.69, 9.17) is 0 Å². The predicted octanol–water partition coefficient (Wildman–Crippen LogP) is 1.85. The minimum absolute atomic E-state index is 0.0411. The van der Waals surface area contributed by atoms with E-state index in [-0.39, 0.29) is 11.7 Å². The third kappa shape index (κ3) is 5.10. The SMILES string of the molecule is CCNC(=O)CCN(CC(O)c1ccc(F)cc1)C1CC1. The lowest BCUT2D eigenvalue weighted by molar-refractivity contribution is -0.121. The van der Waals surface area contributed by atoms with Gasteiger partial charge in [-0.05, 0) is 37.5 Å². The van der Waals surface area contributed by atoms with Gasteiger partial charge in [0.15, 0.2) is 0 Å². The van der Waals surface area contributed by atoms with Gasteiger partial charge in [0.25, 0.3) is 0 Å². The van der Waals surface area contributed by atoms with Gasteiger partial charge < -0.3 is 10.4 Å². The van der Waals surface area contributed by atoms with E-state index in [1.54, 1.807) is 12.1 Å². The summed E-state index contributed by atoms with van der Waals surface area (Å²) < 4.78 is 12.9. The number of halogens is 1. The highest BCUT2D eigenvalue weighted by Crippen LogP contribution is 2.29. The van der Waals surface area contributed by atoms with Crippen LogP contribution in [0.25, 0.3) is 0 Å². The second kappa shape index (κ2) is 7.52. The number of nitrogens with zero attached hydrogens (tertiary/aromatic N) is 1. The Morgan fingerprint density at radius 1 is 1.43 bits per heavy atom. The van der Waals surface area contributed by atoms with Crippen LogP contribution in [-0.4, -0.2) is 41.6 Å². The fourth-order valence-corrected chi connectivity index (χ4v) is 2.41. The molecule has 2 rings (SSSR count). The molecular formula is C16H23FN2O2. The highest BCUT2D eigenvalue weighted by molar-refractivity contribution is 5.75. The summed E-state index contributed by atoms with van der Waals surface area (Å²) in [4.78, 5) is 13.7. The molecule has 1 aromatic rings. The molecule has 2 N–H and O–H groups in total. The van der Waals surface area contributed by atoms with Crippen molar-refractivity contribution < 1.29 is 14.3 Å². The first-order chi connectivity index (χ1) is 10.1. The van der Waals surface area contributed by atoms with Gasteiger partial charge in [-0.2, -0.15) is 0 Å². The van der Waals surface area contributed by atoms with Crippen LogP contribution in [0.4, 0.5) is 4.39 Å². The van der Waals surface area contributed by atoms with Crippen molar-refractivity contribution in [2.45, 2.75) is 38.3 Å². The summed E-state index contributed by atoms with van der Waals surface area (Å²) in [6, 6.07) is 6.39. The van der Waals surface area contributed by atoms with Gasteiger partial charge in [-0.25, -0.2) is 4.39 Å². The van der Waals surface area contributed by atoms with Crippen LogP contribution in [0.3, 0.4) is 0 Å². The number of carbonyl (C=O) groups is 1. The second-order valence-corrected chi connectivity index (χ2v) is 5.50. The van der Waals surface area contributed by atoms with Crippen LogP contribution < -0.4 is 5.32 Å². The maximum atomic E-state index is 12.9. The molecule has 0 heterocycles. The van der Waals surface area contributed by atoms with Gasteiger partial charge in [-0.1, -0.05) is 12.1 Å². The zero-order valence-electron chi connectivity index (χ0n) is 12.4. The number of benzene rings is 1. The molecule has 1 amide bonds. The Hall–Kier alpha value is -1.46. The smallest absolute Gasteiger partial charge is 0.221 e. The van der Waals surface area contributed by atoms with Gasteiger partial charge >= 0.3 is 0 Å². The van der Waals surface area contributed by atoms with Gasteiger partial charge in [0.2, 0.25) is 5.91 Å². The third-order valence-corrected chi connectivity index (χ3v) is 3.73. The minimum atomic E-state index is -0.652. The van der Waals surface area contributed by atoms with Crippen molar-refractivity contribution in [1.82, 2.24) is 10.2 Å². The average molecular weight is 294 g/mol. The fraction of sp³-hybridized carbons (Fsp3) is 0.562. The first-order valence-electron chi connectivity index (χ1n) is 7.54. The van der Waals surface area contributed by atoms with Gasteiger partial charge in [0.1, 0.15) is 5.82 Å². The lowest BCUT2D eigenvalue weighted by Gasteiger charge is -2.25. The van der Waals surface area contributed by atoms with E-state index in [0.717, 1.165) is 12.8 Å². The minimum Gasteiger partial charge on any atom is -0.387 e. The van der Waals surface area contributed by atoms with Crippen LogP contribution in [0.1, 0.15) is 37.9 Å². The Labute approximate surface area is 125 Å². The lowest BCUT2D eigenvalue weighted by Crippen LogP contribution is -2.35. The Kier molecular flexibility index (Phi) is 5.70. The average Bonchev–Trinajstić information content (AvgIpc) is 3.29. The van der Waals surface area contributed by atoms with Gasteiger partial charge in [0.05, 0.1) is 6.10 Å². The zero-order valence-corrected chi connectivity index (χ0v) is 12.4. The van der Waals surface area contributed by atoms with E-state index in [2.05, 4.69) is 10.2 Å². The van der Waals surface area contributed by atoms with Crippen LogP contribution in [0.15, 0.2) is 24.3 Å². The molecule has 0 aliphatic heterocycles. The van der Waals surface area contributed by atoms with Crippen molar-refractivity contribution in [2.24, 2.45) is 0 Å². The van der Waals surface area contributed by atoms with Crippen LogP contribution in [-0.2, 0) is 4.79 Å². The Morgan fingerprint density at radius 2 is 2.10 bits per heavy atom. The van der Waals surface area contributed by atoms with Crippen molar-refractivity contribution >= 4 is 5.91 Å². The number of aliphatic hydroxyl groups is 1. The zero-order chi connectivity index (χ0) is 15.2. The summed E-state index contributed by atoms with van der Waals surface area (Å²) >= 11 is 0. The number of amides is 1. The molecule has 1 fully saturated rings. The molecule has 5 heteroatoms. The van der Waals surface area contributed by atoms with Gasteiger partial charge in [-0.15, -0.1) is 0 Å². The maximum absolute atomic E-state index is 12.9. The van der Waals surface area contributed by atoms with E-state index in [9.17, 15) is 14.3 Å². The number of rotatable bonds is 8. The molecule has 1 aliphatic rings. The van der Waals surface area contributed by atoms with Gasteiger partial charge in [0, 0.05) is 32.1 Å². The third-order valence-electron chi connectivity index (χ3n) is 3.73. The number of nitrogens with one attached hydrogen (secondary N) is 1. The first-order valence-corrected chi connectivity index (χ1v) is 7.54. The molecule has 4 nitrogen and oxygen atoms in total. The quantitative estimate of drug-likeness (QED) is 0.769. The standard InChI is InChI=1S/C16H23FN2O2/c1-2-18-16(21)9-10-19(14-7-8-14)11-15(20)12-3-5-13(17)6-4-12/h3-6,14-15,20H,2,7-11H2,1H3,(H,18,21). The molecule has 116 valence electrons. The highest BCUT2D eigenvalue weighted by atomic mass is 19.1. The van der Waals surface area contributed by atoms with Crippen molar-refractivity contribution in [3.63, 3.8) is 0 Å². The van der Waals surface area contributed by atoms with Crippen LogP contribution in [0.2, 0.25) is 0 Å². The van der Waals surface area contributed by atoms with Crippen LogP contribution in [0.5, 0.6) is 0 Å². The number of hydrogen-bond donors (Lipinski definition) is 2. The molecule has 0 bridgehead atoms. The van der Waals surface area contributed by atoms with Gasteiger partial charge in [-0.3, -0.25) is 9.69 Å². The van der Waals surface area contributed by atoms with E-state index in [0.29, 0.717) is 37.7 Å². The monoisotopic (exact) mass is 294 g/mol. The Balaban J connectivity index is 1.87. The molecule has 1 unspecified atom stereocenters. The largest absolute Gasteiger partial charge is 0.387 e. The molecule has 0 spiro atoms. The molecule has 0 saturated heterocycles. The summed E-state index contributed by atoms with van der Waals surface area (Å²) in [6.45, 7) is 3.67. The molecule has 0 radical (unpaired) electrons. The Bertz CT molecular complexity index is 460. The van der Waals surface area contributed by atoms with Crippen molar-refractivity contribution in [3.05, 3.63) is 35.6 Å². The number of carbonyl (C=O) groups excluding carboxylic acids is 1. The predicted molar refractivity (Wildman–Crippen MR) is 79.3 cm³/mol. The van der Waals surface area contributed by atoms with E-state index < -0.39 is 6.10 Å². The van der Waals surface area contributed by atoms with Crippen molar-refractivity contribution in [2.75, 3.05) is 19.6 Å². The topological polar surface area (TPSA) is 52.6 Å². The molecule has 21 heavy (non-hydrogen) atoms. The lowest BCUT2D eigenvalue weighted by atomic mass is 10.1. The number of hydrogen-bond acceptors (Lipinski definition) is 3. The number of aliphatic hydroxyl groups excluding tert-OH is 1. The fourth-order valence-electron chi connectivity index (χ4n) is 2.41. The summed E-state index contributed by atoms with van der Waals surface area (Å²) in [5.41, 5.74) is 0.708. The van der Waals surface area contributed by atoms with Crippen LogP contribution >= 0.6 is 0 Å². The highest BCUT2D eigenvalue weighted by Gasteiger charge is 2.30. The van der Waals surface area contributed by atoms with E-state index in [1.807, 2.05) is 6.92 Å². The molecule has 1 aliphatic carbocycles. The second-order valence-electron chi connectivity index (χ2n) is 5.50. The Morgan fingerprint density at radius 3 is 2.67 bits per heavy atom. The molecule has 1 aromatic carbocycles. The molecule has 1 atom stereocenters. The summed E-state index contributed by atoms with van der Waals surface area (Å²) in [5, 5.41) is 13.0. The normalized spacial score (nSPS) is 16.0. The summed E-state index contributed by atoms with van der Waals surface area (Å²) in [7, 11) is 0. The summed E-state index contributed by atoms with van der Waals surface area (Å²) in [6.07, 6.45) is 2.03. The summed E-state index contributed by atoms with van der Waals surface area (Å²) in [5.74, 6) is -0.263. The van der Waals surface area contributed by atoms with E-state index >= 15 is 0 Å². The van der Waals surface area contributed by atoms with Crippen LogP contribution in [0, 0.1) is 5.82 Å². The maximum Gasteiger partial charge on any atom is 0.221 e. The van der Waals surface area contributed by atoms with Crippen molar-refractivity contribution in [1.29, 1.82) is 0 Å².